The van der Waals surface area contributed by atoms with Crippen molar-refractivity contribution in [1.29, 1.82) is 0 Å². The van der Waals surface area contributed by atoms with Crippen LogP contribution in [-0.2, 0) is 17.8 Å². The number of carbonyl (C=O) groups is 1. The fourth-order valence-electron chi connectivity index (χ4n) is 4.71. The molecule has 0 spiro atoms. The Hall–Kier alpha value is -4.00. The van der Waals surface area contributed by atoms with Crippen molar-refractivity contribution in [2.24, 2.45) is 5.92 Å². The monoisotopic (exact) mass is 481 g/mol. The average molecular weight is 482 g/mol. The Morgan fingerprint density at radius 3 is 2.39 bits per heavy atom. The summed E-state index contributed by atoms with van der Waals surface area (Å²) < 4.78 is 1.71. The molecular formula is C29H31N5O2. The summed E-state index contributed by atoms with van der Waals surface area (Å²) in [6, 6.07) is 19.9. The van der Waals surface area contributed by atoms with Gasteiger partial charge in [0.1, 0.15) is 5.52 Å². The Labute approximate surface area is 210 Å². The molecule has 1 N–H and O–H groups in total. The maximum absolute atomic E-state index is 13.6. The lowest BCUT2D eigenvalue weighted by molar-refractivity contribution is -0.120. The van der Waals surface area contributed by atoms with Crippen molar-refractivity contribution in [2.45, 2.75) is 39.7 Å². The topological polar surface area (TPSA) is 80.1 Å². The molecule has 7 heteroatoms. The highest BCUT2D eigenvalue weighted by atomic mass is 16.2. The Balaban J connectivity index is 1.34. The van der Waals surface area contributed by atoms with Crippen molar-refractivity contribution < 1.29 is 4.79 Å². The molecule has 1 saturated heterocycles. The van der Waals surface area contributed by atoms with Crippen LogP contribution in [0.4, 0.5) is 11.5 Å². The fraction of sp³-hybridized carbons (Fsp3) is 0.310. The number of aromatic nitrogens is 3. The van der Waals surface area contributed by atoms with Crippen LogP contribution >= 0.6 is 0 Å². The Morgan fingerprint density at radius 2 is 1.69 bits per heavy atom. The van der Waals surface area contributed by atoms with Gasteiger partial charge in [0.25, 0.3) is 5.56 Å². The van der Waals surface area contributed by atoms with E-state index in [-0.39, 0.29) is 17.4 Å². The molecule has 0 unspecified atom stereocenters. The first-order valence-corrected chi connectivity index (χ1v) is 12.6. The van der Waals surface area contributed by atoms with Gasteiger partial charge in [0.15, 0.2) is 11.5 Å². The number of pyridine rings is 1. The van der Waals surface area contributed by atoms with Crippen molar-refractivity contribution in [3.05, 3.63) is 93.9 Å². The molecule has 0 bridgehead atoms. The third kappa shape index (κ3) is 5.00. The van der Waals surface area contributed by atoms with Crippen molar-refractivity contribution in [2.75, 3.05) is 23.3 Å². The van der Waals surface area contributed by atoms with E-state index >= 15 is 0 Å². The summed E-state index contributed by atoms with van der Waals surface area (Å²) in [5, 5.41) is 3.05. The number of nitrogens with zero attached hydrogens (tertiary/aromatic N) is 4. The van der Waals surface area contributed by atoms with Gasteiger partial charge in [-0.3, -0.25) is 14.2 Å². The summed E-state index contributed by atoms with van der Waals surface area (Å²) in [5.41, 5.74) is 5.39. The van der Waals surface area contributed by atoms with E-state index in [1.807, 2.05) is 72.5 Å². The Bertz CT molecular complexity index is 1420. The highest BCUT2D eigenvalue weighted by Crippen LogP contribution is 2.23. The predicted octanol–water partition coefficient (Wildman–Crippen LogP) is 4.57. The van der Waals surface area contributed by atoms with Gasteiger partial charge < -0.3 is 10.2 Å². The van der Waals surface area contributed by atoms with E-state index in [2.05, 4.69) is 17.2 Å². The van der Waals surface area contributed by atoms with E-state index in [0.717, 1.165) is 17.7 Å². The maximum Gasteiger partial charge on any atom is 0.295 e. The normalized spacial score (nSPS) is 14.2. The molecule has 0 aliphatic carbocycles. The van der Waals surface area contributed by atoms with Crippen LogP contribution in [0.2, 0.25) is 0 Å². The first-order valence-electron chi connectivity index (χ1n) is 12.6. The van der Waals surface area contributed by atoms with Crippen LogP contribution in [0.3, 0.4) is 0 Å². The minimum absolute atomic E-state index is 0.0337. The lowest BCUT2D eigenvalue weighted by Crippen LogP contribution is -2.42. The van der Waals surface area contributed by atoms with Crippen LogP contribution in [0.5, 0.6) is 0 Å². The van der Waals surface area contributed by atoms with Gasteiger partial charge in [-0.2, -0.15) is 0 Å². The predicted molar refractivity (Wildman–Crippen MR) is 143 cm³/mol. The molecule has 0 atom stereocenters. The number of hydrogen-bond donors (Lipinski definition) is 1. The summed E-state index contributed by atoms with van der Waals surface area (Å²) in [6.45, 7) is 5.79. The van der Waals surface area contributed by atoms with E-state index in [0.29, 0.717) is 49.5 Å². The van der Waals surface area contributed by atoms with Crippen LogP contribution < -0.4 is 15.8 Å². The number of carbonyl (C=O) groups excluding carboxylic acids is 1. The SMILES string of the molecule is CCc1ccc(NC(=O)C2CCN(c3nc4cccnc4n(Cc4ccc(C)cc4)c3=O)CC2)cc1. The lowest BCUT2D eigenvalue weighted by Gasteiger charge is -2.32. The number of anilines is 2. The van der Waals surface area contributed by atoms with Gasteiger partial charge in [-0.05, 0) is 61.6 Å². The number of fused-ring (bicyclic) bond motifs is 1. The molecule has 1 amide bonds. The van der Waals surface area contributed by atoms with E-state index in [1.165, 1.54) is 11.1 Å². The largest absolute Gasteiger partial charge is 0.352 e. The Morgan fingerprint density at radius 1 is 1.00 bits per heavy atom. The average Bonchev–Trinajstić information content (AvgIpc) is 2.92. The first kappa shape index (κ1) is 23.7. The van der Waals surface area contributed by atoms with Gasteiger partial charge in [-0.15, -0.1) is 0 Å². The molecule has 2 aromatic carbocycles. The van der Waals surface area contributed by atoms with Crippen molar-refractivity contribution in [3.8, 4) is 0 Å². The molecule has 2 aromatic heterocycles. The molecule has 1 fully saturated rings. The lowest BCUT2D eigenvalue weighted by atomic mass is 9.95. The van der Waals surface area contributed by atoms with Crippen molar-refractivity contribution in [3.63, 3.8) is 0 Å². The summed E-state index contributed by atoms with van der Waals surface area (Å²) >= 11 is 0. The van der Waals surface area contributed by atoms with E-state index in [9.17, 15) is 9.59 Å². The van der Waals surface area contributed by atoms with E-state index in [4.69, 9.17) is 4.98 Å². The maximum atomic E-state index is 13.6. The number of rotatable bonds is 6. The smallest absolute Gasteiger partial charge is 0.295 e. The zero-order valence-electron chi connectivity index (χ0n) is 20.8. The molecule has 5 rings (SSSR count). The first-order chi connectivity index (χ1) is 17.5. The quantitative estimate of drug-likeness (QED) is 0.437. The minimum Gasteiger partial charge on any atom is -0.352 e. The minimum atomic E-state index is -0.152. The summed E-state index contributed by atoms with van der Waals surface area (Å²) in [5.74, 6) is 0.368. The number of benzene rings is 2. The summed E-state index contributed by atoms with van der Waals surface area (Å²) in [6.07, 6.45) is 4.00. The highest BCUT2D eigenvalue weighted by Gasteiger charge is 2.28. The zero-order valence-corrected chi connectivity index (χ0v) is 20.8. The van der Waals surface area contributed by atoms with Gasteiger partial charge in [0, 0.05) is 30.9 Å². The molecule has 0 radical (unpaired) electrons. The second-order valence-electron chi connectivity index (χ2n) is 9.46. The highest BCUT2D eigenvalue weighted by molar-refractivity contribution is 5.92. The fourth-order valence-corrected chi connectivity index (χ4v) is 4.71. The van der Waals surface area contributed by atoms with Crippen LogP contribution in [0, 0.1) is 12.8 Å². The molecule has 4 aromatic rings. The van der Waals surface area contributed by atoms with Crippen LogP contribution in [0.15, 0.2) is 71.7 Å². The van der Waals surface area contributed by atoms with Crippen molar-refractivity contribution >= 4 is 28.6 Å². The molecule has 0 saturated carbocycles. The van der Waals surface area contributed by atoms with Gasteiger partial charge >= 0.3 is 0 Å². The molecular weight excluding hydrogens is 450 g/mol. The third-order valence-electron chi connectivity index (χ3n) is 6.94. The molecule has 36 heavy (non-hydrogen) atoms. The number of piperidine rings is 1. The number of hydrogen-bond acceptors (Lipinski definition) is 5. The van der Waals surface area contributed by atoms with Crippen molar-refractivity contribution in [1.82, 2.24) is 14.5 Å². The summed E-state index contributed by atoms with van der Waals surface area (Å²) in [7, 11) is 0. The standard InChI is InChI=1S/C29H31N5O2/c1-3-21-10-12-24(13-11-21)31-28(35)23-14-17-33(18-15-23)27-29(36)34(19-22-8-6-20(2)7-9-22)26-25(32-27)5-4-16-30-26/h4-13,16,23H,3,14-15,17-19H2,1-2H3,(H,31,35). The molecule has 1 aliphatic heterocycles. The van der Waals surface area contributed by atoms with Crippen LogP contribution in [-0.4, -0.2) is 33.5 Å². The van der Waals surface area contributed by atoms with Gasteiger partial charge in [0.05, 0.1) is 6.54 Å². The van der Waals surface area contributed by atoms with Crippen LogP contribution in [0.25, 0.3) is 11.2 Å². The van der Waals surface area contributed by atoms with E-state index in [1.54, 1.807) is 10.8 Å². The van der Waals surface area contributed by atoms with Gasteiger partial charge in [0.2, 0.25) is 5.91 Å². The third-order valence-corrected chi connectivity index (χ3v) is 6.94. The molecule has 184 valence electrons. The van der Waals surface area contributed by atoms with Crippen LogP contribution in [0.1, 0.15) is 36.5 Å². The summed E-state index contributed by atoms with van der Waals surface area (Å²) in [4.78, 5) is 37.6. The van der Waals surface area contributed by atoms with E-state index < -0.39 is 0 Å². The van der Waals surface area contributed by atoms with Gasteiger partial charge in [-0.1, -0.05) is 48.9 Å². The molecule has 7 nitrogen and oxygen atoms in total. The molecule has 1 aliphatic rings. The number of nitrogens with one attached hydrogen (secondary N) is 1. The number of aryl methyl sites for hydroxylation is 2. The second kappa shape index (κ2) is 10.3. The molecule has 3 heterocycles. The Kier molecular flexibility index (Phi) is 6.80. The second-order valence-corrected chi connectivity index (χ2v) is 9.46. The zero-order chi connectivity index (χ0) is 25.1. The van der Waals surface area contributed by atoms with Gasteiger partial charge in [-0.25, -0.2) is 9.97 Å². The number of amides is 1.